The van der Waals surface area contributed by atoms with Gasteiger partial charge in [-0.3, -0.25) is 4.79 Å². The van der Waals surface area contributed by atoms with Gasteiger partial charge in [-0.15, -0.1) is 0 Å². The van der Waals surface area contributed by atoms with Crippen molar-refractivity contribution < 1.29 is 14.3 Å². The Bertz CT molecular complexity index is 448. The number of hydrogen-bond donors (Lipinski definition) is 0. The van der Waals surface area contributed by atoms with E-state index in [4.69, 9.17) is 9.47 Å². The summed E-state index contributed by atoms with van der Waals surface area (Å²) in [6.07, 6.45) is 8.28. The third-order valence-corrected chi connectivity index (χ3v) is 6.53. The van der Waals surface area contributed by atoms with Gasteiger partial charge in [0.1, 0.15) is 0 Å². The second kappa shape index (κ2) is 7.93. The number of carbonyl (C=O) groups is 1. The molecule has 0 radical (unpaired) electrons. The molecule has 0 bridgehead atoms. The number of methoxy groups -OCH3 is 1. The molecule has 0 atom stereocenters. The first-order valence-corrected chi connectivity index (χ1v) is 10.1. The molecule has 0 aromatic carbocycles. The van der Waals surface area contributed by atoms with E-state index in [1.165, 1.54) is 25.7 Å². The molecule has 1 saturated heterocycles. The van der Waals surface area contributed by atoms with E-state index in [9.17, 15) is 4.79 Å². The van der Waals surface area contributed by atoms with Gasteiger partial charge < -0.3 is 19.3 Å². The number of carbonyl (C=O) groups excluding carboxylic acids is 1. The molecule has 1 spiro atoms. The van der Waals surface area contributed by atoms with Gasteiger partial charge in [0.25, 0.3) is 0 Å². The van der Waals surface area contributed by atoms with Crippen LogP contribution in [0.25, 0.3) is 0 Å². The van der Waals surface area contributed by atoms with E-state index in [2.05, 4.69) is 30.7 Å². The molecule has 144 valence electrons. The highest BCUT2D eigenvalue weighted by atomic mass is 16.5. The van der Waals surface area contributed by atoms with Crippen LogP contribution >= 0.6 is 0 Å². The average Bonchev–Trinajstić information content (AvgIpc) is 2.42. The summed E-state index contributed by atoms with van der Waals surface area (Å²) in [6.45, 7) is 6.85. The highest BCUT2D eigenvalue weighted by molar-refractivity contribution is 5.77. The summed E-state index contributed by atoms with van der Waals surface area (Å²) in [5, 5.41) is 0. The highest BCUT2D eigenvalue weighted by Crippen LogP contribution is 2.51. The minimum atomic E-state index is 0.288. The third-order valence-electron chi connectivity index (χ3n) is 6.53. The lowest BCUT2D eigenvalue weighted by atomic mass is 9.59. The molecule has 0 unspecified atom stereocenters. The van der Waals surface area contributed by atoms with Gasteiger partial charge in [0, 0.05) is 50.7 Å². The molecular formula is C20H36N2O3. The molecule has 5 heteroatoms. The van der Waals surface area contributed by atoms with E-state index >= 15 is 0 Å². The van der Waals surface area contributed by atoms with Gasteiger partial charge in [-0.25, -0.2) is 0 Å². The third kappa shape index (κ3) is 4.37. The molecule has 3 rings (SSSR count). The zero-order valence-electron chi connectivity index (χ0n) is 16.5. The van der Waals surface area contributed by atoms with Crippen molar-refractivity contribution >= 4 is 5.91 Å². The molecule has 3 aliphatic rings. The van der Waals surface area contributed by atoms with Crippen molar-refractivity contribution in [2.75, 3.05) is 33.9 Å². The molecule has 2 aliphatic carbocycles. The number of ether oxygens (including phenoxy) is 2. The van der Waals surface area contributed by atoms with Gasteiger partial charge in [-0.05, 0) is 59.4 Å². The van der Waals surface area contributed by atoms with Gasteiger partial charge in [0.05, 0.1) is 12.2 Å². The molecule has 2 saturated carbocycles. The van der Waals surface area contributed by atoms with Crippen molar-refractivity contribution in [1.82, 2.24) is 9.80 Å². The molecule has 3 fully saturated rings. The normalized spacial score (nSPS) is 28.2. The number of likely N-dealkylation sites (tertiary alicyclic amines) is 1. The topological polar surface area (TPSA) is 42.0 Å². The van der Waals surface area contributed by atoms with Gasteiger partial charge >= 0.3 is 0 Å². The van der Waals surface area contributed by atoms with E-state index in [0.29, 0.717) is 35.9 Å². The molecule has 0 N–H and O–H groups in total. The maximum atomic E-state index is 12.3. The Morgan fingerprint density at radius 1 is 1.20 bits per heavy atom. The van der Waals surface area contributed by atoms with E-state index < -0.39 is 0 Å². The molecular weight excluding hydrogens is 316 g/mol. The van der Waals surface area contributed by atoms with Crippen molar-refractivity contribution in [1.29, 1.82) is 0 Å². The van der Waals surface area contributed by atoms with Gasteiger partial charge in [-0.2, -0.15) is 0 Å². The quantitative estimate of drug-likeness (QED) is 0.598. The standard InChI is InChI=1S/C20H36N2O3/c1-15(2)25-8-6-5-7-19(23)22-13-20(14-22)11-17(12-20)21(3)16-9-18(10-16)24-4/h15-18H,5-14H2,1-4H3. The van der Waals surface area contributed by atoms with E-state index in [1.807, 2.05) is 7.11 Å². The molecule has 1 amide bonds. The van der Waals surface area contributed by atoms with E-state index in [-0.39, 0.29) is 6.10 Å². The Morgan fingerprint density at radius 3 is 2.48 bits per heavy atom. The van der Waals surface area contributed by atoms with E-state index in [1.54, 1.807) is 0 Å². The lowest BCUT2D eigenvalue weighted by Gasteiger charge is -2.62. The number of rotatable bonds is 9. The molecule has 25 heavy (non-hydrogen) atoms. The van der Waals surface area contributed by atoms with Gasteiger partial charge in [0.2, 0.25) is 5.91 Å². The molecule has 5 nitrogen and oxygen atoms in total. The minimum absolute atomic E-state index is 0.288. The molecule has 0 aromatic rings. The van der Waals surface area contributed by atoms with Gasteiger partial charge in [-0.1, -0.05) is 0 Å². The summed E-state index contributed by atoms with van der Waals surface area (Å²) in [6, 6.07) is 1.42. The summed E-state index contributed by atoms with van der Waals surface area (Å²) >= 11 is 0. The fourth-order valence-corrected chi connectivity index (χ4v) is 4.64. The van der Waals surface area contributed by atoms with Crippen LogP contribution in [0.1, 0.15) is 58.8 Å². The molecule has 1 heterocycles. The lowest BCUT2D eigenvalue weighted by molar-refractivity contribution is -0.161. The second-order valence-corrected chi connectivity index (χ2v) is 8.84. The Kier molecular flexibility index (Phi) is 6.07. The zero-order chi connectivity index (χ0) is 18.0. The highest BCUT2D eigenvalue weighted by Gasteiger charge is 2.55. The fourth-order valence-electron chi connectivity index (χ4n) is 4.64. The van der Waals surface area contributed by atoms with E-state index in [0.717, 1.165) is 32.5 Å². The first-order chi connectivity index (χ1) is 11.9. The Balaban J connectivity index is 1.27. The first-order valence-electron chi connectivity index (χ1n) is 10.1. The maximum Gasteiger partial charge on any atom is 0.222 e. The Labute approximate surface area is 153 Å². The Hall–Kier alpha value is -0.650. The van der Waals surface area contributed by atoms with Crippen LogP contribution in [0.2, 0.25) is 0 Å². The van der Waals surface area contributed by atoms with Crippen molar-refractivity contribution in [3.8, 4) is 0 Å². The van der Waals surface area contributed by atoms with Crippen LogP contribution in [0.4, 0.5) is 0 Å². The summed E-state index contributed by atoms with van der Waals surface area (Å²) in [5.74, 6) is 0.342. The van der Waals surface area contributed by atoms with Crippen molar-refractivity contribution in [3.63, 3.8) is 0 Å². The Morgan fingerprint density at radius 2 is 1.88 bits per heavy atom. The summed E-state index contributed by atoms with van der Waals surface area (Å²) in [5.41, 5.74) is 0.444. The number of amides is 1. The van der Waals surface area contributed by atoms with Gasteiger partial charge in [0.15, 0.2) is 0 Å². The van der Waals surface area contributed by atoms with Crippen LogP contribution in [0.3, 0.4) is 0 Å². The predicted octanol–water partition coefficient (Wildman–Crippen LogP) is 2.68. The smallest absolute Gasteiger partial charge is 0.222 e. The van der Waals surface area contributed by atoms with Crippen LogP contribution in [0, 0.1) is 5.41 Å². The van der Waals surface area contributed by atoms with Crippen molar-refractivity contribution in [3.05, 3.63) is 0 Å². The van der Waals surface area contributed by atoms with Crippen molar-refractivity contribution in [2.24, 2.45) is 5.41 Å². The maximum absolute atomic E-state index is 12.3. The fraction of sp³-hybridized carbons (Fsp3) is 0.950. The van der Waals surface area contributed by atoms with Crippen LogP contribution in [0.15, 0.2) is 0 Å². The zero-order valence-corrected chi connectivity index (χ0v) is 16.5. The number of unbranched alkanes of at least 4 members (excludes halogenated alkanes) is 1. The lowest BCUT2D eigenvalue weighted by Crippen LogP contribution is -2.68. The van der Waals surface area contributed by atoms with Crippen LogP contribution in [-0.4, -0.2) is 73.9 Å². The number of hydrogen-bond acceptors (Lipinski definition) is 4. The van der Waals surface area contributed by atoms with Crippen molar-refractivity contribution in [2.45, 2.75) is 83.1 Å². The van der Waals surface area contributed by atoms with Crippen LogP contribution < -0.4 is 0 Å². The van der Waals surface area contributed by atoms with Crippen LogP contribution in [-0.2, 0) is 14.3 Å². The average molecular weight is 353 g/mol. The monoisotopic (exact) mass is 352 g/mol. The summed E-state index contributed by atoms with van der Waals surface area (Å²) in [4.78, 5) is 16.9. The number of nitrogens with zero attached hydrogens (tertiary/aromatic N) is 2. The minimum Gasteiger partial charge on any atom is -0.381 e. The SMILES string of the molecule is COC1CC(N(C)C2CC3(C2)CN(C(=O)CCCCOC(C)C)C3)C1. The first kappa shape index (κ1) is 19.1. The molecule has 1 aliphatic heterocycles. The largest absolute Gasteiger partial charge is 0.381 e. The summed E-state index contributed by atoms with van der Waals surface area (Å²) < 4.78 is 10.9. The predicted molar refractivity (Wildman–Crippen MR) is 98.6 cm³/mol. The van der Waals surface area contributed by atoms with Crippen LogP contribution in [0.5, 0.6) is 0 Å². The molecule has 0 aromatic heterocycles. The summed E-state index contributed by atoms with van der Waals surface area (Å²) in [7, 11) is 4.09. The second-order valence-electron chi connectivity index (χ2n) is 8.84.